The number of benzene rings is 1. The molecule has 3 rings (SSSR count). The Hall–Kier alpha value is -1.68. The maximum absolute atomic E-state index is 11.6. The van der Waals surface area contributed by atoms with Gasteiger partial charge in [-0.25, -0.2) is 0 Å². The van der Waals surface area contributed by atoms with Crippen LogP contribution < -0.4 is 0 Å². The highest BCUT2D eigenvalue weighted by atomic mass is 32.2. The molecule has 0 unspecified atom stereocenters. The van der Waals surface area contributed by atoms with Gasteiger partial charge in [-0.2, -0.15) is 0 Å². The number of carbonyl (C=O) groups excluding carboxylic acids is 1. The zero-order chi connectivity index (χ0) is 13.4. The van der Waals surface area contributed by atoms with E-state index in [9.17, 15) is 4.79 Å². The molecule has 2 heterocycles. The summed E-state index contributed by atoms with van der Waals surface area (Å²) in [4.78, 5) is 13.4. The first-order valence-corrected chi connectivity index (χ1v) is 7.32. The van der Waals surface area contributed by atoms with Crippen LogP contribution in [-0.4, -0.2) is 28.2 Å². The van der Waals surface area contributed by atoms with Gasteiger partial charge in [0.1, 0.15) is 5.37 Å². The van der Waals surface area contributed by atoms with Crippen LogP contribution in [0.5, 0.6) is 0 Å². The van der Waals surface area contributed by atoms with Crippen molar-refractivity contribution in [3.05, 3.63) is 53.9 Å². The van der Waals surface area contributed by atoms with Crippen molar-refractivity contribution < 1.29 is 4.79 Å². The van der Waals surface area contributed by atoms with Crippen molar-refractivity contribution in [1.29, 1.82) is 0 Å². The highest BCUT2D eigenvalue weighted by Gasteiger charge is 2.30. The second kappa shape index (κ2) is 4.78. The third-order valence-corrected chi connectivity index (χ3v) is 4.73. The number of hydrogen-bond donors (Lipinski definition) is 0. The molecule has 1 aliphatic heterocycles. The summed E-state index contributed by atoms with van der Waals surface area (Å²) in [5.74, 6) is 0.787. The molecular formula is C15H16N2OS. The van der Waals surface area contributed by atoms with E-state index < -0.39 is 0 Å². The first-order chi connectivity index (χ1) is 9.15. The fraction of sp³-hybridized carbons (Fsp3) is 0.267. The molecule has 0 aliphatic carbocycles. The van der Waals surface area contributed by atoms with Crippen LogP contribution in [0.15, 0.2) is 42.7 Å². The van der Waals surface area contributed by atoms with Crippen LogP contribution in [-0.2, 0) is 4.79 Å². The molecule has 0 radical (unpaired) electrons. The van der Waals surface area contributed by atoms with E-state index in [0.717, 1.165) is 5.69 Å². The quantitative estimate of drug-likeness (QED) is 0.839. The Labute approximate surface area is 117 Å². The normalized spacial score (nSPS) is 19.2. The smallest absolute Gasteiger partial charge is 0.233 e. The molecule has 98 valence electrons. The van der Waals surface area contributed by atoms with Crippen molar-refractivity contribution in [3.63, 3.8) is 0 Å². The zero-order valence-corrected chi connectivity index (χ0v) is 11.9. The summed E-state index contributed by atoms with van der Waals surface area (Å²) in [5.41, 5.74) is 3.58. The molecule has 3 nitrogen and oxygen atoms in total. The van der Waals surface area contributed by atoms with Gasteiger partial charge in [0.2, 0.25) is 5.91 Å². The van der Waals surface area contributed by atoms with E-state index in [-0.39, 0.29) is 11.3 Å². The SMILES string of the molecule is Cc1cccc(-n2ccc([C@H]3SCC(=O)N3C)c2)c1. The third kappa shape index (κ3) is 2.28. The van der Waals surface area contributed by atoms with Crippen molar-refractivity contribution in [1.82, 2.24) is 9.47 Å². The average molecular weight is 272 g/mol. The summed E-state index contributed by atoms with van der Waals surface area (Å²) in [7, 11) is 1.87. The van der Waals surface area contributed by atoms with E-state index in [2.05, 4.69) is 54.2 Å². The van der Waals surface area contributed by atoms with Gasteiger partial charge in [0.25, 0.3) is 0 Å². The minimum atomic E-state index is 0.151. The predicted octanol–water partition coefficient (Wildman–Crippen LogP) is 2.99. The fourth-order valence-electron chi connectivity index (χ4n) is 2.32. The average Bonchev–Trinajstić information content (AvgIpc) is 2.98. The maximum atomic E-state index is 11.6. The standard InChI is InChI=1S/C15H16N2OS/c1-11-4-3-5-13(8-11)17-7-6-12(9-17)15-16(2)14(18)10-19-15/h3-9,15H,10H2,1-2H3/t15-/m1/s1. The van der Waals surface area contributed by atoms with E-state index in [0.29, 0.717) is 5.75 Å². The van der Waals surface area contributed by atoms with Crippen molar-refractivity contribution in [2.45, 2.75) is 12.3 Å². The molecule has 0 bridgehead atoms. The van der Waals surface area contributed by atoms with Crippen LogP contribution in [0.25, 0.3) is 5.69 Å². The molecule has 1 atom stereocenters. The maximum Gasteiger partial charge on any atom is 0.233 e. The van der Waals surface area contributed by atoms with E-state index in [1.807, 2.05) is 11.9 Å². The Kier molecular flexibility index (Phi) is 3.11. The molecule has 1 saturated heterocycles. The van der Waals surface area contributed by atoms with Gasteiger partial charge in [0.05, 0.1) is 5.75 Å². The van der Waals surface area contributed by atoms with Gasteiger partial charge >= 0.3 is 0 Å². The van der Waals surface area contributed by atoms with Gasteiger partial charge < -0.3 is 9.47 Å². The van der Waals surface area contributed by atoms with Crippen molar-refractivity contribution in [2.75, 3.05) is 12.8 Å². The third-order valence-electron chi connectivity index (χ3n) is 3.41. The van der Waals surface area contributed by atoms with Gasteiger partial charge in [0.15, 0.2) is 0 Å². The molecule has 0 spiro atoms. The lowest BCUT2D eigenvalue weighted by atomic mass is 10.2. The lowest BCUT2D eigenvalue weighted by Crippen LogP contribution is -2.22. The largest absolute Gasteiger partial charge is 0.329 e. The van der Waals surface area contributed by atoms with Crippen LogP contribution >= 0.6 is 11.8 Å². The number of amides is 1. The molecule has 1 aromatic carbocycles. The summed E-state index contributed by atoms with van der Waals surface area (Å²) in [6.07, 6.45) is 4.17. The van der Waals surface area contributed by atoms with E-state index in [1.54, 1.807) is 11.8 Å². The van der Waals surface area contributed by atoms with E-state index in [1.165, 1.54) is 11.1 Å². The predicted molar refractivity (Wildman–Crippen MR) is 78.5 cm³/mol. The highest BCUT2D eigenvalue weighted by molar-refractivity contribution is 8.00. The van der Waals surface area contributed by atoms with Gasteiger partial charge in [-0.15, -0.1) is 11.8 Å². The van der Waals surface area contributed by atoms with Crippen LogP contribution in [0.3, 0.4) is 0 Å². The number of thioether (sulfide) groups is 1. The number of hydrogen-bond acceptors (Lipinski definition) is 2. The van der Waals surface area contributed by atoms with E-state index in [4.69, 9.17) is 0 Å². The minimum absolute atomic E-state index is 0.151. The molecule has 19 heavy (non-hydrogen) atoms. The second-order valence-electron chi connectivity index (χ2n) is 4.86. The molecule has 1 amide bonds. The zero-order valence-electron chi connectivity index (χ0n) is 11.0. The number of aryl methyl sites for hydroxylation is 1. The highest BCUT2D eigenvalue weighted by Crippen LogP contribution is 2.37. The van der Waals surface area contributed by atoms with Gasteiger partial charge in [-0.05, 0) is 30.7 Å². The summed E-state index contributed by atoms with van der Waals surface area (Å²) in [6, 6.07) is 10.5. The van der Waals surface area contributed by atoms with Crippen LogP contribution in [0.4, 0.5) is 0 Å². The molecule has 1 aliphatic rings. The Balaban J connectivity index is 1.90. The lowest BCUT2D eigenvalue weighted by molar-refractivity contribution is -0.126. The molecule has 1 fully saturated rings. The van der Waals surface area contributed by atoms with Gasteiger partial charge in [-0.1, -0.05) is 12.1 Å². The number of nitrogens with zero attached hydrogens (tertiary/aromatic N) is 2. The number of carbonyl (C=O) groups is 1. The van der Waals surface area contributed by atoms with Crippen LogP contribution in [0, 0.1) is 6.92 Å². The van der Waals surface area contributed by atoms with E-state index >= 15 is 0 Å². The van der Waals surface area contributed by atoms with Gasteiger partial charge in [-0.3, -0.25) is 4.79 Å². The van der Waals surface area contributed by atoms with Crippen molar-refractivity contribution in [3.8, 4) is 5.69 Å². The topological polar surface area (TPSA) is 25.2 Å². The Morgan fingerprint density at radius 2 is 2.16 bits per heavy atom. The molecule has 0 N–H and O–H groups in total. The van der Waals surface area contributed by atoms with Crippen LogP contribution in [0.2, 0.25) is 0 Å². The number of rotatable bonds is 2. The molecule has 4 heteroatoms. The molecule has 0 saturated carbocycles. The van der Waals surface area contributed by atoms with Crippen molar-refractivity contribution in [2.24, 2.45) is 0 Å². The fourth-order valence-corrected chi connectivity index (χ4v) is 3.50. The minimum Gasteiger partial charge on any atom is -0.329 e. The molecular weight excluding hydrogens is 256 g/mol. The lowest BCUT2D eigenvalue weighted by Gasteiger charge is -2.17. The Morgan fingerprint density at radius 3 is 2.84 bits per heavy atom. The first kappa shape index (κ1) is 12.4. The molecule has 2 aromatic rings. The van der Waals surface area contributed by atoms with Crippen LogP contribution in [0.1, 0.15) is 16.5 Å². The Morgan fingerprint density at radius 1 is 1.32 bits per heavy atom. The summed E-state index contributed by atoms with van der Waals surface area (Å²) in [6.45, 7) is 2.09. The summed E-state index contributed by atoms with van der Waals surface area (Å²) < 4.78 is 2.11. The monoisotopic (exact) mass is 272 g/mol. The first-order valence-electron chi connectivity index (χ1n) is 6.27. The number of aromatic nitrogens is 1. The summed E-state index contributed by atoms with van der Waals surface area (Å²) >= 11 is 1.69. The van der Waals surface area contributed by atoms with Gasteiger partial charge in [0, 0.05) is 30.7 Å². The Bertz CT molecular complexity index is 620. The summed E-state index contributed by atoms with van der Waals surface area (Å²) in [5, 5.41) is 0.151. The van der Waals surface area contributed by atoms with Crippen molar-refractivity contribution >= 4 is 17.7 Å². The second-order valence-corrected chi connectivity index (χ2v) is 5.93. The molecule has 1 aromatic heterocycles.